The maximum atomic E-state index is 11.7. The van der Waals surface area contributed by atoms with Crippen LogP contribution >= 0.6 is 0 Å². The molecule has 0 aliphatic heterocycles. The summed E-state index contributed by atoms with van der Waals surface area (Å²) >= 11 is 0. The lowest BCUT2D eigenvalue weighted by Crippen LogP contribution is -2.04. The smallest absolute Gasteiger partial charge is 0.295 e. The fraction of sp³-hybridized carbons (Fsp3) is 0.0833. The molecule has 4 aromatic rings. The molecule has 11 nitrogen and oxygen atoms in total. The van der Waals surface area contributed by atoms with Crippen LogP contribution in [0.15, 0.2) is 109 Å². The van der Waals surface area contributed by atoms with Crippen LogP contribution in [-0.2, 0) is 20.2 Å². The lowest BCUT2D eigenvalue weighted by Gasteiger charge is -2.07. The van der Waals surface area contributed by atoms with Gasteiger partial charge < -0.3 is 4.74 Å². The van der Waals surface area contributed by atoms with Crippen molar-refractivity contribution in [2.24, 2.45) is 20.5 Å². The normalized spacial score (nSPS) is 12.5. The largest absolute Gasteiger partial charge is 0.494 e. The van der Waals surface area contributed by atoms with Crippen LogP contribution in [0.3, 0.4) is 0 Å². The van der Waals surface area contributed by atoms with Gasteiger partial charge in [0.15, 0.2) is 0 Å². The Morgan fingerprint density at radius 2 is 1.14 bits per heavy atom. The predicted molar refractivity (Wildman–Crippen MR) is 136 cm³/mol. The molecule has 0 aromatic heterocycles. The summed E-state index contributed by atoms with van der Waals surface area (Å²) in [7, 11) is -9.49. The van der Waals surface area contributed by atoms with Crippen LogP contribution in [0.5, 0.6) is 5.75 Å². The quantitative estimate of drug-likeness (QED) is 0.188. The van der Waals surface area contributed by atoms with Gasteiger partial charge in [-0.25, -0.2) is 0 Å². The van der Waals surface area contributed by atoms with Gasteiger partial charge in [0.05, 0.1) is 34.3 Å². The van der Waals surface area contributed by atoms with Gasteiger partial charge in [0.25, 0.3) is 20.2 Å². The standard InChI is InChI=1S/C24H20N4O7S2/c1-2-35-21-10-7-19(8-11-21)26-25-17-3-5-18(6-4-17)27-28-20-9-12-23-16(13-20)14-22(36(29,30)31)15-24(23)37(32,33)34/h3-15H,2H2,1H3,(H,29,30,31)(H,32,33,34). The van der Waals surface area contributed by atoms with Crippen LogP contribution in [0.25, 0.3) is 10.8 Å². The second-order valence-electron chi connectivity index (χ2n) is 7.62. The van der Waals surface area contributed by atoms with Crippen molar-refractivity contribution >= 4 is 53.8 Å². The fourth-order valence-corrected chi connectivity index (χ4v) is 4.67. The summed E-state index contributed by atoms with van der Waals surface area (Å²) < 4.78 is 70.8. The van der Waals surface area contributed by atoms with E-state index in [0.717, 1.165) is 11.8 Å². The molecule has 190 valence electrons. The van der Waals surface area contributed by atoms with Crippen LogP contribution in [-0.4, -0.2) is 32.5 Å². The molecule has 37 heavy (non-hydrogen) atoms. The Morgan fingerprint density at radius 3 is 1.62 bits per heavy atom. The third kappa shape index (κ3) is 6.59. The molecule has 0 aliphatic carbocycles. The minimum absolute atomic E-state index is 0.0519. The highest BCUT2D eigenvalue weighted by Gasteiger charge is 2.20. The van der Waals surface area contributed by atoms with E-state index < -0.39 is 30.0 Å². The highest BCUT2D eigenvalue weighted by molar-refractivity contribution is 7.86. The van der Waals surface area contributed by atoms with Crippen molar-refractivity contribution in [3.8, 4) is 5.75 Å². The average molecular weight is 541 g/mol. The molecule has 0 atom stereocenters. The molecule has 0 unspecified atom stereocenters. The van der Waals surface area contributed by atoms with Crippen LogP contribution < -0.4 is 4.74 Å². The average Bonchev–Trinajstić information content (AvgIpc) is 2.86. The molecule has 0 radical (unpaired) electrons. The van der Waals surface area contributed by atoms with Gasteiger partial charge in [0, 0.05) is 5.39 Å². The van der Waals surface area contributed by atoms with Gasteiger partial charge in [-0.3, -0.25) is 9.11 Å². The van der Waals surface area contributed by atoms with E-state index in [0.29, 0.717) is 29.7 Å². The molecule has 4 aromatic carbocycles. The first kappa shape index (κ1) is 26.0. The molecular weight excluding hydrogens is 520 g/mol. The monoisotopic (exact) mass is 540 g/mol. The first-order chi connectivity index (χ1) is 17.5. The van der Waals surface area contributed by atoms with Crippen LogP contribution in [0.4, 0.5) is 22.7 Å². The number of rotatable bonds is 8. The van der Waals surface area contributed by atoms with E-state index in [9.17, 15) is 25.9 Å². The zero-order valence-electron chi connectivity index (χ0n) is 19.3. The Labute approximate surface area is 212 Å². The van der Waals surface area contributed by atoms with Crippen molar-refractivity contribution in [1.82, 2.24) is 0 Å². The summed E-state index contributed by atoms with van der Waals surface area (Å²) in [6.45, 7) is 2.48. The first-order valence-corrected chi connectivity index (χ1v) is 13.6. The van der Waals surface area contributed by atoms with E-state index in [4.69, 9.17) is 4.74 Å². The van der Waals surface area contributed by atoms with Crippen molar-refractivity contribution in [1.29, 1.82) is 0 Å². The van der Waals surface area contributed by atoms with E-state index in [1.807, 2.05) is 6.92 Å². The number of ether oxygens (including phenoxy) is 1. The third-order valence-electron chi connectivity index (χ3n) is 5.01. The van der Waals surface area contributed by atoms with Crippen molar-refractivity contribution in [2.45, 2.75) is 16.7 Å². The molecule has 0 heterocycles. The summed E-state index contributed by atoms with van der Waals surface area (Å²) in [6, 6.07) is 19.9. The number of azo groups is 2. The van der Waals surface area contributed by atoms with Crippen LogP contribution in [0.1, 0.15) is 6.92 Å². The molecule has 0 saturated heterocycles. The van der Waals surface area contributed by atoms with E-state index in [1.165, 1.54) is 18.2 Å². The van der Waals surface area contributed by atoms with Crippen LogP contribution in [0.2, 0.25) is 0 Å². The molecule has 0 bridgehead atoms. The minimum atomic E-state index is -4.76. The Balaban J connectivity index is 1.55. The highest BCUT2D eigenvalue weighted by Crippen LogP contribution is 2.31. The number of benzene rings is 4. The maximum absolute atomic E-state index is 11.7. The molecule has 0 fully saturated rings. The second kappa shape index (κ2) is 10.5. The van der Waals surface area contributed by atoms with Gasteiger partial charge in [0.2, 0.25) is 0 Å². The predicted octanol–water partition coefficient (Wildman–Crippen LogP) is 6.56. The molecule has 13 heteroatoms. The fourth-order valence-electron chi connectivity index (χ4n) is 3.31. The van der Waals surface area contributed by atoms with Crippen molar-refractivity contribution in [3.63, 3.8) is 0 Å². The van der Waals surface area contributed by atoms with Crippen LogP contribution in [0, 0.1) is 0 Å². The zero-order chi connectivity index (χ0) is 26.6. The summed E-state index contributed by atoms with van der Waals surface area (Å²) in [5.74, 6) is 0.750. The summed E-state index contributed by atoms with van der Waals surface area (Å²) in [5, 5.41) is 16.7. The Hall–Kier alpha value is -4.04. The lowest BCUT2D eigenvalue weighted by atomic mass is 10.1. The minimum Gasteiger partial charge on any atom is -0.494 e. The molecule has 4 rings (SSSR count). The summed E-state index contributed by atoms with van der Waals surface area (Å²) in [5.41, 5.74) is 2.03. The first-order valence-electron chi connectivity index (χ1n) is 10.7. The Kier molecular flexibility index (Phi) is 7.40. The van der Waals surface area contributed by atoms with E-state index in [1.54, 1.807) is 48.5 Å². The summed E-state index contributed by atoms with van der Waals surface area (Å²) in [4.78, 5) is -1.34. The molecule has 2 N–H and O–H groups in total. The van der Waals surface area contributed by atoms with Crippen molar-refractivity contribution in [2.75, 3.05) is 6.61 Å². The van der Waals surface area contributed by atoms with E-state index >= 15 is 0 Å². The van der Waals surface area contributed by atoms with Gasteiger partial charge in [0.1, 0.15) is 10.6 Å². The maximum Gasteiger partial charge on any atom is 0.295 e. The Morgan fingerprint density at radius 1 is 0.649 bits per heavy atom. The number of hydrogen-bond donors (Lipinski definition) is 2. The van der Waals surface area contributed by atoms with Gasteiger partial charge in [-0.2, -0.15) is 37.3 Å². The third-order valence-corrected chi connectivity index (χ3v) is 6.73. The zero-order valence-corrected chi connectivity index (χ0v) is 20.9. The van der Waals surface area contributed by atoms with Gasteiger partial charge >= 0.3 is 0 Å². The van der Waals surface area contributed by atoms with E-state index in [-0.39, 0.29) is 16.5 Å². The molecule has 0 aliphatic rings. The Bertz CT molecular complexity index is 1720. The van der Waals surface area contributed by atoms with Gasteiger partial charge in [-0.15, -0.1) is 0 Å². The van der Waals surface area contributed by atoms with E-state index in [2.05, 4.69) is 20.5 Å². The lowest BCUT2D eigenvalue weighted by molar-refractivity contribution is 0.340. The molecule has 0 amide bonds. The number of fused-ring (bicyclic) bond motifs is 1. The topological polar surface area (TPSA) is 167 Å². The van der Waals surface area contributed by atoms with Crippen molar-refractivity contribution < 1.29 is 30.7 Å². The number of nitrogens with zero attached hydrogens (tertiary/aromatic N) is 4. The summed E-state index contributed by atoms with van der Waals surface area (Å²) in [6.07, 6.45) is 0. The molecule has 0 saturated carbocycles. The number of hydrogen-bond acceptors (Lipinski definition) is 9. The molecule has 0 spiro atoms. The highest BCUT2D eigenvalue weighted by atomic mass is 32.2. The molecular formula is C24H20N4O7S2. The van der Waals surface area contributed by atoms with Gasteiger partial charge in [-0.1, -0.05) is 6.07 Å². The SMILES string of the molecule is CCOc1ccc(N=Nc2ccc(N=Nc3ccc4c(S(=O)(=O)O)cc(S(=O)(=O)O)cc4c3)cc2)cc1. The second-order valence-corrected chi connectivity index (χ2v) is 10.4. The van der Waals surface area contributed by atoms with Crippen molar-refractivity contribution in [3.05, 3.63) is 78.9 Å². The van der Waals surface area contributed by atoms with Gasteiger partial charge in [-0.05, 0) is 85.1 Å².